The maximum atomic E-state index is 14.5. The predicted molar refractivity (Wildman–Crippen MR) is 350 cm³/mol. The van der Waals surface area contributed by atoms with Crippen molar-refractivity contribution in [1.82, 2.24) is 87.6 Å². The van der Waals surface area contributed by atoms with E-state index in [0.29, 0.717) is 4.57 Å². The molecule has 594 valence electrons. The van der Waals surface area contributed by atoms with E-state index in [1.807, 2.05) is 4.98 Å². The number of ether oxygens (including phenoxy) is 5. The topological polar surface area (TPSA) is 810 Å². The van der Waals surface area contributed by atoms with Crippen molar-refractivity contribution in [3.05, 3.63) is 91.8 Å². The number of aliphatic hydroxyl groups excluding tert-OH is 6. The molecule has 9 aromatic heterocycles. The van der Waals surface area contributed by atoms with Crippen molar-refractivity contribution in [2.24, 2.45) is 0 Å². The second-order valence-corrected chi connectivity index (χ2v) is 30.7. The molecule has 14 heterocycles. The number of hydrogen-bond donors (Lipinski definition) is 18. The fraction of sp³-hybridized carbons (Fsp3) is 0.510. The smallest absolute Gasteiger partial charge is 0.387 e. The number of imidazole rings is 4. The Bertz CT molecular complexity index is 5460. The maximum Gasteiger partial charge on any atom is 0.694 e. The SMILES string of the molecule is Nc1nc2c(ncn2[C@@H]2O[C@H](COP(=O)(O)O[C@H]3[C@@H](O)[C@H](n4cnc5c(N)ncnc54)O[C@@H]3COP(=O)(O)O[C@H]3[C@@H](O)[C@H](n4cnc5c(=O)[nH]c(N)nc54)O[C@@H]3COP(=O)(O)O[C@H]3[C@@H](O)[C@H](n4cnc5c(N)ncnc54)O[C@@H]3CO[P+](=O)O)[C@@H](OP(=O)(O)OC[C@H]3O[C@@H](n4ccc(=O)[nH]c4=O)[C@H](O)[C@@H]3O)[C@H]2O)c(=O)[nH]1. The summed E-state index contributed by atoms with van der Waals surface area (Å²) in [5.41, 5.74) is 18.0. The number of anilines is 4. The molecule has 0 aromatic carbocycles. The van der Waals surface area contributed by atoms with Gasteiger partial charge < -0.3 is 96.8 Å². The lowest BCUT2D eigenvalue weighted by Gasteiger charge is -2.27. The summed E-state index contributed by atoms with van der Waals surface area (Å²) in [7, 11) is -26.5. The highest BCUT2D eigenvalue weighted by Crippen LogP contribution is 2.56. The van der Waals surface area contributed by atoms with Crippen LogP contribution in [0.3, 0.4) is 0 Å². The van der Waals surface area contributed by atoms with E-state index in [-0.39, 0.29) is 45.3 Å². The summed E-state index contributed by atoms with van der Waals surface area (Å²) >= 11 is 0. The summed E-state index contributed by atoms with van der Waals surface area (Å²) in [6, 6.07) is 0.886. The number of phosphoric acid groups is 4. The number of phosphoric ester groups is 4. The average Bonchev–Trinajstić information content (AvgIpc) is 1.62. The number of rotatable bonds is 28. The largest absolute Gasteiger partial charge is 0.694 e. The Morgan fingerprint density at radius 3 is 1.12 bits per heavy atom. The molecular formula is C49H60N22O34P5+. The monoisotopic (exact) mass is 1660 g/mol. The lowest BCUT2D eigenvalue weighted by Crippen LogP contribution is -2.38. The summed E-state index contributed by atoms with van der Waals surface area (Å²) < 4.78 is 150. The Balaban J connectivity index is 0.706. The zero-order valence-corrected chi connectivity index (χ0v) is 59.2. The molecule has 61 heteroatoms. The van der Waals surface area contributed by atoms with E-state index in [9.17, 15) is 97.1 Å². The molecule has 5 unspecified atom stereocenters. The number of aromatic amines is 3. The van der Waals surface area contributed by atoms with E-state index in [1.165, 1.54) is 0 Å². The first-order valence-electron chi connectivity index (χ1n) is 31.4. The van der Waals surface area contributed by atoms with Gasteiger partial charge in [-0.05, 0) is 0 Å². The third-order valence-corrected chi connectivity index (χ3v) is 21.8. The fourth-order valence-corrected chi connectivity index (χ4v) is 16.6. The molecule has 5 saturated heterocycles. The molecule has 5 fully saturated rings. The van der Waals surface area contributed by atoms with Gasteiger partial charge in [-0.1, -0.05) is 0 Å². The number of aromatic nitrogens is 18. The van der Waals surface area contributed by atoms with Gasteiger partial charge >= 0.3 is 45.2 Å². The number of nitrogens with zero attached hydrogens (tertiary/aromatic N) is 15. The van der Waals surface area contributed by atoms with Crippen LogP contribution in [0.1, 0.15) is 31.1 Å². The van der Waals surface area contributed by atoms with E-state index in [4.69, 9.17) is 87.3 Å². The van der Waals surface area contributed by atoms with Crippen LogP contribution < -0.4 is 45.3 Å². The van der Waals surface area contributed by atoms with Crippen molar-refractivity contribution >= 4 is 108 Å². The van der Waals surface area contributed by atoms with Crippen LogP contribution in [-0.2, 0) is 87.2 Å². The molecule has 110 heavy (non-hydrogen) atoms. The van der Waals surface area contributed by atoms with E-state index in [2.05, 4.69) is 59.8 Å². The number of fused-ring (bicyclic) bond motifs is 4. The number of aliphatic hydroxyl groups is 6. The van der Waals surface area contributed by atoms with E-state index >= 15 is 0 Å². The van der Waals surface area contributed by atoms with Gasteiger partial charge in [0.1, 0.15) is 122 Å². The molecule has 0 bridgehead atoms. The highest BCUT2D eigenvalue weighted by molar-refractivity contribution is 7.48. The Morgan fingerprint density at radius 1 is 0.427 bits per heavy atom. The van der Waals surface area contributed by atoms with Gasteiger partial charge in [0, 0.05) is 16.8 Å². The van der Waals surface area contributed by atoms with Crippen LogP contribution >= 0.6 is 39.5 Å². The van der Waals surface area contributed by atoms with E-state index < -0.39 is 241 Å². The van der Waals surface area contributed by atoms with Crippen LogP contribution in [-0.4, -0.2) is 267 Å². The number of hydrogen-bond acceptors (Lipinski definition) is 43. The fourth-order valence-electron chi connectivity index (χ4n) is 12.5. The van der Waals surface area contributed by atoms with Gasteiger partial charge in [-0.25, -0.2) is 62.9 Å². The molecule has 9 aromatic rings. The Labute approximate surface area is 606 Å². The second kappa shape index (κ2) is 30.3. The van der Waals surface area contributed by atoms with Gasteiger partial charge in [-0.2, -0.15) is 9.97 Å². The molecule has 0 saturated carbocycles. The zero-order valence-electron chi connectivity index (χ0n) is 54.8. The molecule has 25 atom stereocenters. The summed E-state index contributed by atoms with van der Waals surface area (Å²) in [6.45, 7) is -6.02. The summed E-state index contributed by atoms with van der Waals surface area (Å²) in [5, 5.41) is 69.1. The van der Waals surface area contributed by atoms with Crippen LogP contribution in [0.5, 0.6) is 0 Å². The molecule has 5 aliphatic heterocycles. The number of H-pyrrole nitrogens is 3. The normalized spacial score (nSPS) is 31.6. The molecule has 0 amide bonds. The van der Waals surface area contributed by atoms with Gasteiger partial charge in [0.25, 0.3) is 16.7 Å². The van der Waals surface area contributed by atoms with Gasteiger partial charge in [-0.3, -0.25) is 88.4 Å². The second-order valence-electron chi connectivity index (χ2n) is 24.4. The van der Waals surface area contributed by atoms with Gasteiger partial charge in [0.15, 0.2) is 76.4 Å². The summed E-state index contributed by atoms with van der Waals surface area (Å²) in [5.74, 6) is -1.27. The lowest BCUT2D eigenvalue weighted by molar-refractivity contribution is -0.0646. The van der Waals surface area contributed by atoms with Crippen molar-refractivity contribution in [2.45, 2.75) is 123 Å². The number of nitrogens with two attached hydrogens (primary N) is 4. The Kier molecular flexibility index (Phi) is 21.6. The molecule has 0 radical (unpaired) electrons. The minimum Gasteiger partial charge on any atom is -0.387 e. The van der Waals surface area contributed by atoms with Crippen LogP contribution in [0.15, 0.2) is 69.4 Å². The maximum absolute atomic E-state index is 14.5. The third-order valence-electron chi connectivity index (χ3n) is 17.4. The van der Waals surface area contributed by atoms with Crippen molar-refractivity contribution < 1.29 is 142 Å². The van der Waals surface area contributed by atoms with E-state index in [1.54, 1.807) is 0 Å². The highest BCUT2D eigenvalue weighted by Gasteiger charge is 2.57. The zero-order chi connectivity index (χ0) is 78.5. The number of nitrogens with one attached hydrogen (secondary N) is 3. The summed E-state index contributed by atoms with van der Waals surface area (Å²) in [6.07, 6.45) is -33.2. The van der Waals surface area contributed by atoms with Crippen LogP contribution in [0.4, 0.5) is 23.5 Å². The minimum atomic E-state index is -5.91. The minimum absolute atomic E-state index is 0.0223. The first kappa shape index (κ1) is 78.4. The predicted octanol–water partition coefficient (Wildman–Crippen LogP) is -6.86. The first-order valence-corrected chi connectivity index (χ1v) is 38.5. The quantitative estimate of drug-likeness (QED) is 0.0203. The molecule has 22 N–H and O–H groups in total. The standard InChI is InChI=1S/C49H59N22O34P5/c50-34-20-36(56-8-54-34)68(10-58-20)43-26(75)30(15(98-43)3-92-106(82)83)102-108(86,87)94-6-18-33(29(78)46(101-18)71-13-61-23-39(71)64-48(53)66-41(23)80)105-110(90,91)95-5-16-31(27(76)44(99-16)69-11-59-21-35(51)55-9-57-37(21)69)104-109(88,89)96-7-17-32(28(77)45(100-17)70-12-60-22-38(70)63-47(52)65-40(22)79)103-107(84,85)93-4-14-24(73)25(74)42(97-14)67-2-1-19(72)62-49(67)81/h1-2,8-18,24-33,42-46,73-78H,3-7H2,(H15-,50,51,52,53,54,55,56,57,62,63,64,65,66,72,79,80,81,82,83,84,85,86,87,88,89,90,91)/p+1/t14-,15-,16-,17-,18-,24-,25-,26-,27-,28-,29-,30-,31-,32-,33-,42-,43-,44-,45-,46-/m1/s1. The molecule has 0 aliphatic carbocycles. The van der Waals surface area contributed by atoms with Crippen molar-refractivity contribution in [1.29, 1.82) is 0 Å². The lowest BCUT2D eigenvalue weighted by atomic mass is 10.1. The van der Waals surface area contributed by atoms with Crippen LogP contribution in [0, 0.1) is 0 Å². The van der Waals surface area contributed by atoms with Gasteiger partial charge in [0.2, 0.25) is 11.9 Å². The molecule has 0 spiro atoms. The van der Waals surface area contributed by atoms with Crippen LogP contribution in [0.25, 0.3) is 44.7 Å². The van der Waals surface area contributed by atoms with Gasteiger partial charge in [-0.15, -0.1) is 9.42 Å². The van der Waals surface area contributed by atoms with E-state index in [0.717, 1.165) is 68.5 Å². The molecular weight excluding hydrogens is 1600 g/mol. The highest BCUT2D eigenvalue weighted by atomic mass is 31.2. The van der Waals surface area contributed by atoms with Crippen molar-refractivity contribution in [2.75, 3.05) is 56.0 Å². The average molecular weight is 1660 g/mol. The number of nitrogen functional groups attached to an aromatic ring is 4. The third kappa shape index (κ3) is 15.6. The Hall–Kier alpha value is -8.30. The van der Waals surface area contributed by atoms with Crippen molar-refractivity contribution in [3.63, 3.8) is 0 Å². The summed E-state index contributed by atoms with van der Waals surface area (Å²) in [4.78, 5) is 151. The molecule has 5 aliphatic rings. The molecule has 14 rings (SSSR count). The van der Waals surface area contributed by atoms with Gasteiger partial charge in [0.05, 0.1) is 51.7 Å². The Morgan fingerprint density at radius 2 is 0.755 bits per heavy atom. The molecule has 56 nitrogen and oxygen atoms in total. The first-order chi connectivity index (χ1) is 52.0. The van der Waals surface area contributed by atoms with Crippen molar-refractivity contribution in [3.8, 4) is 0 Å². The van der Waals surface area contributed by atoms with Crippen LogP contribution in [0.2, 0.25) is 0 Å².